The van der Waals surface area contributed by atoms with Crippen LogP contribution in [0.2, 0.25) is 0 Å². The monoisotopic (exact) mass is 417 g/mol. The fraction of sp³-hybridized carbons (Fsp3) is 0.0455. The zero-order valence-electron chi connectivity index (χ0n) is 15.6. The van der Waals surface area contributed by atoms with Crippen molar-refractivity contribution in [3.05, 3.63) is 100 Å². The van der Waals surface area contributed by atoms with Gasteiger partial charge in [-0.15, -0.1) is 16.4 Å². The van der Waals surface area contributed by atoms with Crippen LogP contribution in [-0.4, -0.2) is 20.7 Å². The lowest BCUT2D eigenvalue weighted by atomic mass is 10.0. The molecule has 1 amide bonds. The summed E-state index contributed by atoms with van der Waals surface area (Å²) in [5.41, 5.74) is 2.71. The van der Waals surface area contributed by atoms with Crippen LogP contribution in [0.25, 0.3) is 5.70 Å². The molecule has 2 aromatic heterocycles. The number of aromatic nitrogens is 3. The van der Waals surface area contributed by atoms with Gasteiger partial charge >= 0.3 is 0 Å². The number of carbonyl (C=O) groups is 1. The molecule has 4 aromatic rings. The van der Waals surface area contributed by atoms with Gasteiger partial charge in [0.25, 0.3) is 11.9 Å². The predicted octanol–water partition coefficient (Wildman–Crippen LogP) is 4.79. The average molecular weight is 417 g/mol. The van der Waals surface area contributed by atoms with Crippen LogP contribution in [0, 0.1) is 5.82 Å². The lowest BCUT2D eigenvalue weighted by molar-refractivity contribution is 0.102. The summed E-state index contributed by atoms with van der Waals surface area (Å²) in [5, 5.41) is 12.3. The van der Waals surface area contributed by atoms with Crippen LogP contribution < -0.4 is 10.6 Å². The number of hydrogen-bond donors (Lipinski definition) is 2. The molecule has 8 heteroatoms. The number of anilines is 2. The Labute approximate surface area is 175 Å². The summed E-state index contributed by atoms with van der Waals surface area (Å²) in [6, 6.07) is 19.4. The molecule has 0 saturated heterocycles. The highest BCUT2D eigenvalue weighted by atomic mass is 32.1. The van der Waals surface area contributed by atoms with E-state index in [1.165, 1.54) is 23.5 Å². The van der Waals surface area contributed by atoms with Gasteiger partial charge in [-0.1, -0.05) is 48.5 Å². The SMILES string of the molecule is O=C(Nc1nc2n(n1)[C@H](c1ccc(F)cc1)C=C(c1ccccc1)N2)c1cccs1. The number of hydrogen-bond acceptors (Lipinski definition) is 5. The number of benzene rings is 2. The number of nitrogens with zero attached hydrogens (tertiary/aromatic N) is 3. The number of rotatable bonds is 4. The van der Waals surface area contributed by atoms with Crippen molar-refractivity contribution < 1.29 is 9.18 Å². The van der Waals surface area contributed by atoms with E-state index in [0.29, 0.717) is 10.8 Å². The van der Waals surface area contributed by atoms with E-state index in [0.717, 1.165) is 16.8 Å². The van der Waals surface area contributed by atoms with Gasteiger partial charge in [0.05, 0.1) is 4.88 Å². The maximum Gasteiger partial charge on any atom is 0.268 e. The molecule has 1 aliphatic heterocycles. The summed E-state index contributed by atoms with van der Waals surface area (Å²) >= 11 is 1.35. The minimum Gasteiger partial charge on any atom is -0.324 e. The van der Waals surface area contributed by atoms with E-state index >= 15 is 0 Å². The van der Waals surface area contributed by atoms with Gasteiger partial charge in [0.15, 0.2) is 0 Å². The third-order valence-electron chi connectivity index (χ3n) is 4.73. The Hall–Kier alpha value is -3.78. The van der Waals surface area contributed by atoms with Gasteiger partial charge in [0, 0.05) is 5.70 Å². The Morgan fingerprint density at radius 2 is 1.87 bits per heavy atom. The van der Waals surface area contributed by atoms with Crippen molar-refractivity contribution in [1.29, 1.82) is 0 Å². The molecule has 3 heterocycles. The highest BCUT2D eigenvalue weighted by molar-refractivity contribution is 7.12. The van der Waals surface area contributed by atoms with Crippen molar-refractivity contribution in [3.8, 4) is 0 Å². The number of nitrogens with one attached hydrogen (secondary N) is 2. The van der Waals surface area contributed by atoms with Gasteiger partial charge in [-0.05, 0) is 40.8 Å². The third kappa shape index (κ3) is 3.48. The molecule has 1 atom stereocenters. The Morgan fingerprint density at radius 1 is 1.07 bits per heavy atom. The quantitative estimate of drug-likeness (QED) is 0.501. The number of thiophene rings is 1. The maximum absolute atomic E-state index is 13.5. The van der Waals surface area contributed by atoms with Crippen LogP contribution >= 0.6 is 11.3 Å². The largest absolute Gasteiger partial charge is 0.324 e. The highest BCUT2D eigenvalue weighted by Crippen LogP contribution is 2.33. The summed E-state index contributed by atoms with van der Waals surface area (Å²) < 4.78 is 15.1. The van der Waals surface area contributed by atoms with Gasteiger partial charge in [-0.2, -0.15) is 4.98 Å². The van der Waals surface area contributed by atoms with Crippen LogP contribution in [-0.2, 0) is 0 Å². The number of carbonyl (C=O) groups excluding carboxylic acids is 1. The first-order valence-electron chi connectivity index (χ1n) is 9.28. The fourth-order valence-corrected chi connectivity index (χ4v) is 3.92. The third-order valence-corrected chi connectivity index (χ3v) is 5.60. The van der Waals surface area contributed by atoms with Crippen molar-refractivity contribution in [2.24, 2.45) is 0 Å². The number of allylic oxidation sites excluding steroid dienone is 1. The van der Waals surface area contributed by atoms with E-state index in [2.05, 4.69) is 20.7 Å². The minimum atomic E-state index is -0.308. The molecular weight excluding hydrogens is 401 g/mol. The number of halogens is 1. The molecule has 148 valence electrons. The predicted molar refractivity (Wildman–Crippen MR) is 115 cm³/mol. The van der Waals surface area contributed by atoms with Gasteiger partial charge in [0.1, 0.15) is 11.9 Å². The van der Waals surface area contributed by atoms with Crippen molar-refractivity contribution in [3.63, 3.8) is 0 Å². The second-order valence-electron chi connectivity index (χ2n) is 6.70. The zero-order valence-corrected chi connectivity index (χ0v) is 16.4. The van der Waals surface area contributed by atoms with E-state index in [9.17, 15) is 9.18 Å². The summed E-state index contributed by atoms with van der Waals surface area (Å²) in [6.07, 6.45) is 2.01. The molecule has 0 radical (unpaired) electrons. The maximum atomic E-state index is 13.5. The van der Waals surface area contributed by atoms with Crippen LogP contribution in [0.5, 0.6) is 0 Å². The average Bonchev–Trinajstić information content (AvgIpc) is 3.44. The standard InChI is InChI=1S/C22H16FN5OS/c23-16-10-8-15(9-11-16)18-13-17(14-5-2-1-3-6-14)24-22-26-21(27-28(18)22)25-20(29)19-7-4-12-30-19/h1-13,18H,(H2,24,25,26,27,29)/t18-/m0/s1. The van der Waals surface area contributed by atoms with E-state index in [-0.39, 0.29) is 23.7 Å². The highest BCUT2D eigenvalue weighted by Gasteiger charge is 2.26. The normalized spacial score (nSPS) is 15.1. The summed E-state index contributed by atoms with van der Waals surface area (Å²) in [5.74, 6) is 0.128. The Balaban J connectivity index is 1.53. The van der Waals surface area contributed by atoms with Crippen molar-refractivity contribution in [2.45, 2.75) is 6.04 Å². The van der Waals surface area contributed by atoms with E-state index in [1.807, 2.05) is 47.9 Å². The molecule has 0 unspecified atom stereocenters. The molecular formula is C22H16FN5OS. The molecule has 2 aromatic carbocycles. The van der Waals surface area contributed by atoms with Crippen molar-refractivity contribution >= 4 is 34.8 Å². The van der Waals surface area contributed by atoms with Crippen LogP contribution in [0.4, 0.5) is 16.3 Å². The Morgan fingerprint density at radius 3 is 2.60 bits per heavy atom. The van der Waals surface area contributed by atoms with Crippen molar-refractivity contribution in [1.82, 2.24) is 14.8 Å². The van der Waals surface area contributed by atoms with Gasteiger partial charge in [0.2, 0.25) is 5.95 Å². The first-order chi connectivity index (χ1) is 14.7. The van der Waals surface area contributed by atoms with E-state index in [1.54, 1.807) is 22.9 Å². The lowest BCUT2D eigenvalue weighted by Crippen LogP contribution is -2.20. The fourth-order valence-electron chi connectivity index (χ4n) is 3.30. The molecule has 0 fully saturated rings. The van der Waals surface area contributed by atoms with Crippen LogP contribution in [0.15, 0.2) is 78.2 Å². The topological polar surface area (TPSA) is 71.8 Å². The Kier molecular flexibility index (Phi) is 4.61. The molecule has 0 spiro atoms. The first-order valence-corrected chi connectivity index (χ1v) is 10.2. The smallest absolute Gasteiger partial charge is 0.268 e. The van der Waals surface area contributed by atoms with Gasteiger partial charge in [-0.3, -0.25) is 10.1 Å². The van der Waals surface area contributed by atoms with Crippen LogP contribution in [0.3, 0.4) is 0 Å². The van der Waals surface area contributed by atoms with E-state index < -0.39 is 0 Å². The molecule has 5 rings (SSSR count). The summed E-state index contributed by atoms with van der Waals surface area (Å²) in [4.78, 5) is 17.4. The van der Waals surface area contributed by atoms with E-state index in [4.69, 9.17) is 0 Å². The molecule has 0 aliphatic carbocycles. The second kappa shape index (κ2) is 7.57. The molecule has 2 N–H and O–H groups in total. The Bertz CT molecular complexity index is 1220. The number of fused-ring (bicyclic) bond motifs is 1. The van der Waals surface area contributed by atoms with Crippen molar-refractivity contribution in [2.75, 3.05) is 10.6 Å². The van der Waals surface area contributed by atoms with Gasteiger partial charge in [-0.25, -0.2) is 9.07 Å². The van der Waals surface area contributed by atoms with Gasteiger partial charge < -0.3 is 5.32 Å². The summed E-state index contributed by atoms with van der Waals surface area (Å²) in [7, 11) is 0. The first kappa shape index (κ1) is 18.3. The molecule has 6 nitrogen and oxygen atoms in total. The zero-order chi connectivity index (χ0) is 20.5. The second-order valence-corrected chi connectivity index (χ2v) is 7.65. The number of amides is 1. The summed E-state index contributed by atoms with van der Waals surface area (Å²) in [6.45, 7) is 0. The molecule has 0 saturated carbocycles. The molecule has 1 aliphatic rings. The molecule has 30 heavy (non-hydrogen) atoms. The van der Waals surface area contributed by atoms with Crippen LogP contribution in [0.1, 0.15) is 26.8 Å². The minimum absolute atomic E-state index is 0.200. The molecule has 0 bridgehead atoms. The lowest BCUT2D eigenvalue weighted by Gasteiger charge is -2.24.